The van der Waals surface area contributed by atoms with Gasteiger partial charge in [0.15, 0.2) is 0 Å². The Morgan fingerprint density at radius 1 is 1.28 bits per heavy atom. The van der Waals surface area contributed by atoms with Crippen LogP contribution < -0.4 is 5.32 Å². The maximum absolute atomic E-state index is 4.23. The minimum atomic E-state index is 0.268. The van der Waals surface area contributed by atoms with Crippen LogP contribution >= 0.6 is 15.9 Å². The van der Waals surface area contributed by atoms with Gasteiger partial charge in [0, 0.05) is 35.3 Å². The lowest BCUT2D eigenvalue weighted by atomic mass is 10.0. The van der Waals surface area contributed by atoms with Crippen molar-refractivity contribution in [2.45, 2.75) is 19.4 Å². The molecule has 0 spiro atoms. The van der Waals surface area contributed by atoms with Crippen molar-refractivity contribution < 1.29 is 0 Å². The summed E-state index contributed by atoms with van der Waals surface area (Å²) in [4.78, 5) is 8.38. The van der Waals surface area contributed by atoms with Gasteiger partial charge in [-0.15, -0.1) is 0 Å². The number of rotatable bonds is 5. The second kappa shape index (κ2) is 6.61. The Bertz CT molecular complexity index is 487. The average Bonchev–Trinajstić information content (AvgIpc) is 2.39. The molecule has 2 aromatic rings. The summed E-state index contributed by atoms with van der Waals surface area (Å²) in [5.74, 6) is 0. The molecule has 0 fully saturated rings. The first kappa shape index (κ1) is 13.2. The summed E-state index contributed by atoms with van der Waals surface area (Å²) in [6, 6.07) is 6.45. The summed E-state index contributed by atoms with van der Waals surface area (Å²) in [6.07, 6.45) is 8.34. The lowest BCUT2D eigenvalue weighted by Gasteiger charge is -2.18. The summed E-state index contributed by atoms with van der Waals surface area (Å²) < 4.78 is 1.01. The maximum atomic E-state index is 4.23. The normalized spacial score (nSPS) is 12.3. The molecule has 3 nitrogen and oxygen atoms in total. The van der Waals surface area contributed by atoms with Crippen molar-refractivity contribution >= 4 is 15.9 Å². The molecule has 94 valence electrons. The third-order valence-corrected chi connectivity index (χ3v) is 3.18. The van der Waals surface area contributed by atoms with Crippen LogP contribution in [0.2, 0.25) is 0 Å². The van der Waals surface area contributed by atoms with E-state index in [2.05, 4.69) is 50.3 Å². The molecule has 0 aliphatic heterocycles. The lowest BCUT2D eigenvalue weighted by Crippen LogP contribution is -2.23. The molecule has 1 unspecified atom stereocenters. The first-order chi connectivity index (χ1) is 8.79. The van der Waals surface area contributed by atoms with Gasteiger partial charge in [0.25, 0.3) is 0 Å². The third-order valence-electron chi connectivity index (χ3n) is 2.74. The van der Waals surface area contributed by atoms with E-state index in [1.54, 1.807) is 12.4 Å². The standard InChI is InChI=1S/C14H16BrN3/c1-2-18-14(6-11-4-3-5-16-8-11)12-7-13(15)10-17-9-12/h3-5,7-10,14,18H,2,6H2,1H3. The Labute approximate surface area is 116 Å². The van der Waals surface area contributed by atoms with E-state index in [1.807, 2.05) is 18.5 Å². The van der Waals surface area contributed by atoms with Crippen molar-refractivity contribution in [3.63, 3.8) is 0 Å². The van der Waals surface area contributed by atoms with E-state index in [9.17, 15) is 0 Å². The monoisotopic (exact) mass is 305 g/mol. The lowest BCUT2D eigenvalue weighted by molar-refractivity contribution is 0.547. The van der Waals surface area contributed by atoms with Gasteiger partial charge in [0.1, 0.15) is 0 Å². The number of nitrogens with zero attached hydrogens (tertiary/aromatic N) is 2. The Kier molecular flexibility index (Phi) is 4.84. The SMILES string of the molecule is CCNC(Cc1cccnc1)c1cncc(Br)c1. The number of aromatic nitrogens is 2. The van der Waals surface area contributed by atoms with Crippen LogP contribution in [0.5, 0.6) is 0 Å². The molecule has 0 amide bonds. The van der Waals surface area contributed by atoms with Gasteiger partial charge in [0.2, 0.25) is 0 Å². The van der Waals surface area contributed by atoms with Crippen LogP contribution in [0.15, 0.2) is 47.5 Å². The third kappa shape index (κ3) is 3.62. The summed E-state index contributed by atoms with van der Waals surface area (Å²) in [6.45, 7) is 3.04. The number of hydrogen-bond donors (Lipinski definition) is 1. The number of nitrogens with one attached hydrogen (secondary N) is 1. The number of halogens is 1. The van der Waals surface area contributed by atoms with Gasteiger partial charge in [-0.3, -0.25) is 9.97 Å². The first-order valence-electron chi connectivity index (χ1n) is 6.02. The van der Waals surface area contributed by atoms with Crippen molar-refractivity contribution in [3.05, 3.63) is 58.6 Å². The van der Waals surface area contributed by atoms with Crippen LogP contribution in [0.25, 0.3) is 0 Å². The molecule has 1 N–H and O–H groups in total. The Balaban J connectivity index is 2.18. The fourth-order valence-corrected chi connectivity index (χ4v) is 2.31. The van der Waals surface area contributed by atoms with Crippen molar-refractivity contribution in [1.82, 2.24) is 15.3 Å². The molecule has 0 saturated heterocycles. The van der Waals surface area contributed by atoms with Crippen molar-refractivity contribution in [1.29, 1.82) is 0 Å². The Hall–Kier alpha value is -1.26. The Morgan fingerprint density at radius 2 is 2.17 bits per heavy atom. The second-order valence-electron chi connectivity index (χ2n) is 4.11. The van der Waals surface area contributed by atoms with Crippen LogP contribution in [0, 0.1) is 0 Å². The van der Waals surface area contributed by atoms with Gasteiger partial charge >= 0.3 is 0 Å². The molecule has 2 heterocycles. The molecule has 0 bridgehead atoms. The van der Waals surface area contributed by atoms with Crippen molar-refractivity contribution in [3.8, 4) is 0 Å². The van der Waals surface area contributed by atoms with E-state index in [-0.39, 0.29) is 6.04 Å². The molecule has 2 rings (SSSR count). The first-order valence-corrected chi connectivity index (χ1v) is 6.81. The van der Waals surface area contributed by atoms with Crippen molar-refractivity contribution in [2.24, 2.45) is 0 Å². The largest absolute Gasteiger partial charge is 0.310 e. The molecule has 18 heavy (non-hydrogen) atoms. The van der Waals surface area contributed by atoms with Gasteiger partial charge < -0.3 is 5.32 Å². The topological polar surface area (TPSA) is 37.8 Å². The summed E-state index contributed by atoms with van der Waals surface area (Å²) in [5, 5.41) is 3.49. The summed E-state index contributed by atoms with van der Waals surface area (Å²) in [7, 11) is 0. The number of pyridine rings is 2. The zero-order valence-corrected chi connectivity index (χ0v) is 11.9. The molecule has 0 aromatic carbocycles. The fraction of sp³-hybridized carbons (Fsp3) is 0.286. The predicted octanol–water partition coefficient (Wildman–Crippen LogP) is 3.13. The number of likely N-dealkylation sites (N-methyl/N-ethyl adjacent to an activating group) is 1. The zero-order valence-electron chi connectivity index (χ0n) is 10.3. The van der Waals surface area contributed by atoms with Gasteiger partial charge in [-0.05, 0) is 52.2 Å². The molecule has 1 atom stereocenters. The van der Waals surface area contributed by atoms with E-state index in [1.165, 1.54) is 11.1 Å². The van der Waals surface area contributed by atoms with E-state index in [4.69, 9.17) is 0 Å². The highest BCUT2D eigenvalue weighted by molar-refractivity contribution is 9.10. The fourth-order valence-electron chi connectivity index (χ4n) is 1.93. The molecule has 2 aromatic heterocycles. The molecule has 0 radical (unpaired) electrons. The Morgan fingerprint density at radius 3 is 2.83 bits per heavy atom. The van der Waals surface area contributed by atoms with Gasteiger partial charge in [-0.2, -0.15) is 0 Å². The molecule has 0 aliphatic rings. The molecular weight excluding hydrogens is 290 g/mol. The maximum Gasteiger partial charge on any atom is 0.0410 e. The highest BCUT2D eigenvalue weighted by Crippen LogP contribution is 2.20. The molecule has 4 heteroatoms. The molecular formula is C14H16BrN3. The quantitative estimate of drug-likeness (QED) is 0.922. The average molecular weight is 306 g/mol. The van der Waals surface area contributed by atoms with Gasteiger partial charge in [0.05, 0.1) is 0 Å². The molecule has 0 saturated carbocycles. The summed E-state index contributed by atoms with van der Waals surface area (Å²) >= 11 is 3.46. The van der Waals surface area contributed by atoms with Gasteiger partial charge in [-0.25, -0.2) is 0 Å². The zero-order chi connectivity index (χ0) is 12.8. The van der Waals surface area contributed by atoms with Crippen LogP contribution in [0.3, 0.4) is 0 Å². The van der Waals surface area contributed by atoms with Gasteiger partial charge in [-0.1, -0.05) is 13.0 Å². The molecule has 0 aliphatic carbocycles. The smallest absolute Gasteiger partial charge is 0.0410 e. The summed E-state index contributed by atoms with van der Waals surface area (Å²) in [5.41, 5.74) is 2.42. The minimum absolute atomic E-state index is 0.268. The van der Waals surface area contributed by atoms with Crippen molar-refractivity contribution in [2.75, 3.05) is 6.54 Å². The minimum Gasteiger partial charge on any atom is -0.310 e. The highest BCUT2D eigenvalue weighted by atomic mass is 79.9. The van der Waals surface area contributed by atoms with Crippen LogP contribution in [0.4, 0.5) is 0 Å². The van der Waals surface area contributed by atoms with E-state index in [0.29, 0.717) is 0 Å². The van der Waals surface area contributed by atoms with Crippen LogP contribution in [-0.4, -0.2) is 16.5 Å². The van der Waals surface area contributed by atoms with E-state index in [0.717, 1.165) is 17.4 Å². The predicted molar refractivity (Wildman–Crippen MR) is 76.3 cm³/mol. The van der Waals surface area contributed by atoms with E-state index < -0.39 is 0 Å². The van der Waals surface area contributed by atoms with Crippen LogP contribution in [-0.2, 0) is 6.42 Å². The highest BCUT2D eigenvalue weighted by Gasteiger charge is 2.11. The van der Waals surface area contributed by atoms with E-state index >= 15 is 0 Å². The van der Waals surface area contributed by atoms with Crippen LogP contribution in [0.1, 0.15) is 24.1 Å². The second-order valence-corrected chi connectivity index (χ2v) is 5.03. The number of hydrogen-bond acceptors (Lipinski definition) is 3.